The van der Waals surface area contributed by atoms with Crippen molar-refractivity contribution in [1.29, 1.82) is 0 Å². The lowest BCUT2D eigenvalue weighted by molar-refractivity contribution is -0.402. The zero-order valence-corrected chi connectivity index (χ0v) is 13.2. The van der Waals surface area contributed by atoms with E-state index in [4.69, 9.17) is 4.42 Å². The van der Waals surface area contributed by atoms with Gasteiger partial charge in [-0.1, -0.05) is 6.07 Å². The summed E-state index contributed by atoms with van der Waals surface area (Å²) in [5, 5.41) is 10.6. The van der Waals surface area contributed by atoms with Crippen LogP contribution in [0, 0.1) is 10.1 Å². The molecule has 0 atom stereocenters. The molecule has 2 aromatic rings. The predicted octanol–water partition coefficient (Wildman–Crippen LogP) is 3.53. The van der Waals surface area contributed by atoms with Gasteiger partial charge in [0.25, 0.3) is 0 Å². The molecule has 134 valence electrons. The number of nitro groups is 1. The van der Waals surface area contributed by atoms with Crippen LogP contribution in [0.15, 0.2) is 40.8 Å². The Hall–Kier alpha value is -2.55. The molecule has 0 unspecified atom stereocenters. The van der Waals surface area contributed by atoms with Crippen molar-refractivity contribution in [2.45, 2.75) is 12.7 Å². The number of rotatable bonds is 4. The molecule has 0 spiro atoms. The Kier molecular flexibility index (Phi) is 4.67. The number of furan rings is 1. The van der Waals surface area contributed by atoms with Gasteiger partial charge < -0.3 is 9.32 Å². The third-order valence-electron chi connectivity index (χ3n) is 4.12. The SMILES string of the molecule is O=[N+]([O-])c1ccc(CN2CCN(c3cccc(C(F)(F)F)c3)CC2)o1. The summed E-state index contributed by atoms with van der Waals surface area (Å²) in [7, 11) is 0. The highest BCUT2D eigenvalue weighted by Gasteiger charge is 2.31. The molecular formula is C16H16F3N3O3. The Labute approximate surface area is 141 Å². The van der Waals surface area contributed by atoms with Crippen molar-refractivity contribution in [1.82, 2.24) is 4.90 Å². The van der Waals surface area contributed by atoms with Crippen LogP contribution < -0.4 is 4.90 Å². The number of hydrogen-bond acceptors (Lipinski definition) is 5. The summed E-state index contributed by atoms with van der Waals surface area (Å²) in [5.41, 5.74) is -0.113. The van der Waals surface area contributed by atoms with E-state index in [1.807, 2.05) is 9.80 Å². The maximum absolute atomic E-state index is 12.8. The van der Waals surface area contributed by atoms with Gasteiger partial charge in [0.2, 0.25) is 0 Å². The average Bonchev–Trinajstić information content (AvgIpc) is 3.04. The fraction of sp³-hybridized carbons (Fsp3) is 0.375. The van der Waals surface area contributed by atoms with E-state index < -0.39 is 16.7 Å². The Balaban J connectivity index is 1.59. The monoisotopic (exact) mass is 355 g/mol. The van der Waals surface area contributed by atoms with Crippen molar-refractivity contribution in [2.75, 3.05) is 31.1 Å². The zero-order valence-electron chi connectivity index (χ0n) is 13.2. The Bertz CT molecular complexity index is 752. The van der Waals surface area contributed by atoms with E-state index in [2.05, 4.69) is 0 Å². The van der Waals surface area contributed by atoms with Gasteiger partial charge in [-0.25, -0.2) is 0 Å². The van der Waals surface area contributed by atoms with Gasteiger partial charge in [0.05, 0.1) is 18.2 Å². The highest BCUT2D eigenvalue weighted by molar-refractivity contribution is 5.49. The van der Waals surface area contributed by atoms with Crippen LogP contribution in [0.1, 0.15) is 11.3 Å². The molecule has 1 aliphatic heterocycles. The summed E-state index contributed by atoms with van der Waals surface area (Å²) < 4.78 is 43.6. The van der Waals surface area contributed by atoms with Crippen LogP contribution >= 0.6 is 0 Å². The standard InChI is InChI=1S/C16H16F3N3O3/c17-16(18,19)12-2-1-3-13(10-12)21-8-6-20(7-9-21)11-14-4-5-15(25-14)22(23)24/h1-5,10H,6-9,11H2. The molecule has 9 heteroatoms. The van der Waals surface area contributed by atoms with E-state index in [0.717, 1.165) is 12.1 Å². The normalized spacial score (nSPS) is 16.2. The molecule has 1 aliphatic rings. The van der Waals surface area contributed by atoms with E-state index in [0.29, 0.717) is 44.2 Å². The topological polar surface area (TPSA) is 62.8 Å². The fourth-order valence-corrected chi connectivity index (χ4v) is 2.81. The minimum atomic E-state index is -4.36. The molecule has 0 amide bonds. The first kappa shape index (κ1) is 17.3. The van der Waals surface area contributed by atoms with Crippen molar-refractivity contribution in [2.24, 2.45) is 0 Å². The first-order valence-corrected chi connectivity index (χ1v) is 7.70. The molecule has 0 N–H and O–H groups in total. The minimum Gasteiger partial charge on any atom is -0.404 e. The number of piperazine rings is 1. The Morgan fingerprint density at radius 1 is 1.12 bits per heavy atom. The molecule has 3 rings (SSSR count). The highest BCUT2D eigenvalue weighted by Crippen LogP contribution is 2.32. The summed E-state index contributed by atoms with van der Waals surface area (Å²) in [5.74, 6) is 0.205. The molecule has 2 heterocycles. The molecule has 0 bridgehead atoms. The van der Waals surface area contributed by atoms with Crippen molar-refractivity contribution in [3.8, 4) is 0 Å². The molecule has 1 aromatic carbocycles. The van der Waals surface area contributed by atoms with Gasteiger partial charge in [-0.3, -0.25) is 15.0 Å². The molecule has 1 fully saturated rings. The van der Waals surface area contributed by atoms with E-state index in [1.165, 1.54) is 12.1 Å². The Morgan fingerprint density at radius 3 is 2.44 bits per heavy atom. The van der Waals surface area contributed by atoms with Crippen LogP contribution in [-0.4, -0.2) is 36.0 Å². The van der Waals surface area contributed by atoms with Gasteiger partial charge in [0.1, 0.15) is 10.7 Å². The maximum Gasteiger partial charge on any atom is 0.433 e. The van der Waals surface area contributed by atoms with Gasteiger partial charge in [0.15, 0.2) is 0 Å². The Morgan fingerprint density at radius 2 is 1.84 bits per heavy atom. The number of hydrogen-bond donors (Lipinski definition) is 0. The minimum absolute atomic E-state index is 0.294. The van der Waals surface area contributed by atoms with Crippen LogP contribution in [0.25, 0.3) is 0 Å². The molecule has 25 heavy (non-hydrogen) atoms. The molecular weight excluding hydrogens is 339 g/mol. The molecule has 0 aliphatic carbocycles. The molecule has 1 saturated heterocycles. The molecule has 1 aromatic heterocycles. The molecule has 0 saturated carbocycles. The summed E-state index contributed by atoms with van der Waals surface area (Å²) in [6.07, 6.45) is -4.36. The number of halogens is 3. The van der Waals surface area contributed by atoms with Gasteiger partial charge in [-0.2, -0.15) is 13.2 Å². The van der Waals surface area contributed by atoms with Crippen molar-refractivity contribution < 1.29 is 22.5 Å². The van der Waals surface area contributed by atoms with Gasteiger partial charge in [-0.15, -0.1) is 0 Å². The number of nitrogens with zero attached hydrogens (tertiary/aromatic N) is 3. The summed E-state index contributed by atoms with van der Waals surface area (Å²) in [6.45, 7) is 2.84. The second-order valence-corrected chi connectivity index (χ2v) is 5.81. The number of anilines is 1. The first-order chi connectivity index (χ1) is 11.8. The quantitative estimate of drug-likeness (QED) is 0.620. The van der Waals surface area contributed by atoms with Crippen LogP contribution in [0.3, 0.4) is 0 Å². The third-order valence-corrected chi connectivity index (χ3v) is 4.12. The summed E-state index contributed by atoms with van der Waals surface area (Å²) in [6, 6.07) is 8.17. The lowest BCUT2D eigenvalue weighted by atomic mass is 10.1. The van der Waals surface area contributed by atoms with Crippen molar-refractivity contribution >= 4 is 11.6 Å². The fourth-order valence-electron chi connectivity index (χ4n) is 2.81. The number of alkyl halides is 3. The van der Waals surface area contributed by atoms with Crippen molar-refractivity contribution in [3.63, 3.8) is 0 Å². The van der Waals surface area contributed by atoms with Crippen LogP contribution in [0.4, 0.5) is 24.7 Å². The lowest BCUT2D eigenvalue weighted by Crippen LogP contribution is -2.46. The highest BCUT2D eigenvalue weighted by atomic mass is 19.4. The smallest absolute Gasteiger partial charge is 0.404 e. The van der Waals surface area contributed by atoms with Crippen LogP contribution in [-0.2, 0) is 12.7 Å². The van der Waals surface area contributed by atoms with Gasteiger partial charge >= 0.3 is 12.1 Å². The number of benzene rings is 1. The third kappa shape index (κ3) is 4.11. The van der Waals surface area contributed by atoms with Gasteiger partial charge in [-0.05, 0) is 24.3 Å². The van der Waals surface area contributed by atoms with E-state index in [1.54, 1.807) is 12.1 Å². The summed E-state index contributed by atoms with van der Waals surface area (Å²) in [4.78, 5) is 14.0. The lowest BCUT2D eigenvalue weighted by Gasteiger charge is -2.35. The molecule has 6 nitrogen and oxygen atoms in total. The van der Waals surface area contributed by atoms with E-state index in [-0.39, 0.29) is 5.88 Å². The largest absolute Gasteiger partial charge is 0.433 e. The summed E-state index contributed by atoms with van der Waals surface area (Å²) >= 11 is 0. The van der Waals surface area contributed by atoms with Crippen molar-refractivity contribution in [3.05, 3.63) is 57.8 Å². The zero-order chi connectivity index (χ0) is 18.0. The maximum atomic E-state index is 12.8. The first-order valence-electron chi connectivity index (χ1n) is 7.70. The van der Waals surface area contributed by atoms with E-state index >= 15 is 0 Å². The van der Waals surface area contributed by atoms with Crippen LogP contribution in [0.5, 0.6) is 0 Å². The second-order valence-electron chi connectivity index (χ2n) is 5.81. The predicted molar refractivity (Wildman–Crippen MR) is 84.3 cm³/mol. The van der Waals surface area contributed by atoms with Crippen LogP contribution in [0.2, 0.25) is 0 Å². The second kappa shape index (κ2) is 6.75. The van der Waals surface area contributed by atoms with E-state index in [9.17, 15) is 23.3 Å². The molecule has 0 radical (unpaired) electrons. The average molecular weight is 355 g/mol. The van der Waals surface area contributed by atoms with Gasteiger partial charge in [0, 0.05) is 31.9 Å².